The van der Waals surface area contributed by atoms with Crippen LogP contribution in [0.2, 0.25) is 0 Å². The summed E-state index contributed by atoms with van der Waals surface area (Å²) in [5.41, 5.74) is 5.48. The van der Waals surface area contributed by atoms with Crippen molar-refractivity contribution >= 4 is 35.1 Å². The molecule has 0 fully saturated rings. The maximum absolute atomic E-state index is 12.7. The van der Waals surface area contributed by atoms with E-state index in [-0.39, 0.29) is 18.3 Å². The van der Waals surface area contributed by atoms with Gasteiger partial charge in [-0.1, -0.05) is 42.5 Å². The van der Waals surface area contributed by atoms with Crippen LogP contribution in [0.3, 0.4) is 0 Å². The number of hydrogen-bond acceptors (Lipinski definition) is 6. The molecule has 1 amide bonds. The van der Waals surface area contributed by atoms with Crippen LogP contribution in [0.25, 0.3) is 0 Å². The van der Waals surface area contributed by atoms with Gasteiger partial charge < -0.3 is 10.4 Å². The minimum absolute atomic E-state index is 0.00317. The minimum atomic E-state index is -0.218. The zero-order chi connectivity index (χ0) is 27.3. The highest BCUT2D eigenvalue weighted by Gasteiger charge is 2.09. The van der Waals surface area contributed by atoms with Crippen LogP contribution < -0.4 is 5.32 Å². The van der Waals surface area contributed by atoms with Gasteiger partial charge in [0.2, 0.25) is 0 Å². The van der Waals surface area contributed by atoms with E-state index in [1.807, 2.05) is 61.5 Å². The SMILES string of the molecule is CN=C(C=CC(=O)CCCc1cccc(C(=O)NC(C)=Nc2ccccc2C)c1)C1=CCC=C(CO)N=C1. The van der Waals surface area contributed by atoms with E-state index in [0.717, 1.165) is 22.4 Å². The fourth-order valence-corrected chi connectivity index (χ4v) is 3.88. The Hall–Kier alpha value is -4.23. The second-order valence-electron chi connectivity index (χ2n) is 8.91. The van der Waals surface area contributed by atoms with E-state index in [2.05, 4.69) is 20.3 Å². The highest BCUT2D eigenvalue weighted by molar-refractivity contribution is 6.22. The van der Waals surface area contributed by atoms with Crippen LogP contribution in [0.15, 0.2) is 99.1 Å². The molecule has 3 rings (SSSR count). The first-order valence-electron chi connectivity index (χ1n) is 12.6. The van der Waals surface area contributed by atoms with Crippen LogP contribution in [0, 0.1) is 6.92 Å². The molecule has 0 bridgehead atoms. The molecule has 196 valence electrons. The molecule has 2 N–H and O–H groups in total. The number of carbonyl (C=O) groups excluding carboxylic acids is 2. The highest BCUT2D eigenvalue weighted by Crippen LogP contribution is 2.17. The average molecular weight is 511 g/mol. The van der Waals surface area contributed by atoms with Gasteiger partial charge in [-0.25, -0.2) is 4.99 Å². The molecular formula is C31H34N4O3. The van der Waals surface area contributed by atoms with E-state index >= 15 is 0 Å². The maximum atomic E-state index is 12.7. The predicted octanol–water partition coefficient (Wildman–Crippen LogP) is 5.27. The molecule has 0 aromatic heterocycles. The van der Waals surface area contributed by atoms with Crippen molar-refractivity contribution in [3.05, 3.63) is 101 Å². The summed E-state index contributed by atoms with van der Waals surface area (Å²) in [6.45, 7) is 3.63. The van der Waals surface area contributed by atoms with Gasteiger partial charge >= 0.3 is 0 Å². The van der Waals surface area contributed by atoms with Gasteiger partial charge in [0.05, 0.1) is 23.7 Å². The minimum Gasteiger partial charge on any atom is -0.390 e. The van der Waals surface area contributed by atoms with E-state index < -0.39 is 0 Å². The lowest BCUT2D eigenvalue weighted by atomic mass is 10.0. The summed E-state index contributed by atoms with van der Waals surface area (Å²) in [6, 6.07) is 15.2. The zero-order valence-electron chi connectivity index (χ0n) is 22.1. The van der Waals surface area contributed by atoms with Gasteiger partial charge in [-0.2, -0.15) is 0 Å². The molecule has 7 heteroatoms. The predicted molar refractivity (Wildman–Crippen MR) is 155 cm³/mol. The van der Waals surface area contributed by atoms with Gasteiger partial charge in [-0.15, -0.1) is 0 Å². The summed E-state index contributed by atoms with van der Waals surface area (Å²) in [6.07, 6.45) is 11.1. The second-order valence-corrected chi connectivity index (χ2v) is 8.91. The zero-order valence-corrected chi connectivity index (χ0v) is 22.1. The van der Waals surface area contributed by atoms with Crippen LogP contribution in [0.5, 0.6) is 0 Å². The molecule has 1 aliphatic rings. The quantitative estimate of drug-likeness (QED) is 0.258. The number of carbonyl (C=O) groups is 2. The van der Waals surface area contributed by atoms with E-state index in [0.29, 0.717) is 48.5 Å². The van der Waals surface area contributed by atoms with Gasteiger partial charge in [0.15, 0.2) is 5.78 Å². The van der Waals surface area contributed by atoms with Gasteiger partial charge in [-0.05, 0) is 74.6 Å². The summed E-state index contributed by atoms with van der Waals surface area (Å²) in [5.74, 6) is 0.311. The molecule has 0 atom stereocenters. The Kier molecular flexibility index (Phi) is 10.8. The summed E-state index contributed by atoms with van der Waals surface area (Å²) in [4.78, 5) is 38.2. The molecule has 2 aromatic carbocycles. The Morgan fingerprint density at radius 2 is 1.92 bits per heavy atom. The number of ketones is 1. The Bertz CT molecular complexity index is 1350. The van der Waals surface area contributed by atoms with Gasteiger partial charge in [0, 0.05) is 30.8 Å². The third-order valence-electron chi connectivity index (χ3n) is 5.96. The van der Waals surface area contributed by atoms with Crippen molar-refractivity contribution in [2.45, 2.75) is 39.5 Å². The Morgan fingerprint density at radius 3 is 2.68 bits per heavy atom. The lowest BCUT2D eigenvalue weighted by Crippen LogP contribution is -2.28. The van der Waals surface area contributed by atoms with Crippen molar-refractivity contribution in [1.29, 1.82) is 0 Å². The van der Waals surface area contributed by atoms with Gasteiger partial charge in [0.25, 0.3) is 5.91 Å². The molecule has 0 radical (unpaired) electrons. The number of amides is 1. The molecule has 1 heterocycles. The Balaban J connectivity index is 1.51. The molecule has 0 aliphatic carbocycles. The standard InChI is InChI=1S/C31H34N4O3/c1-22-9-4-5-16-29(22)34-23(2)35-31(38)25-12-6-10-24(19-25)11-7-15-28(37)17-18-30(32-3)26-13-8-14-27(21-36)33-20-26/h4-6,9-10,12-14,16-20,36H,7-8,11,15,21H2,1-3H3,(H,34,35,38). The van der Waals surface area contributed by atoms with Crippen molar-refractivity contribution in [2.24, 2.45) is 15.0 Å². The van der Waals surface area contributed by atoms with Crippen LogP contribution in [-0.4, -0.2) is 48.2 Å². The van der Waals surface area contributed by atoms with Crippen molar-refractivity contribution < 1.29 is 14.7 Å². The number of aliphatic hydroxyl groups is 1. The number of rotatable bonds is 10. The number of aliphatic hydroxyl groups excluding tert-OH is 1. The number of amidine groups is 1. The molecule has 0 saturated carbocycles. The lowest BCUT2D eigenvalue weighted by Gasteiger charge is -2.08. The number of nitrogens with zero attached hydrogens (tertiary/aromatic N) is 3. The molecule has 2 aromatic rings. The monoisotopic (exact) mass is 510 g/mol. The third-order valence-corrected chi connectivity index (χ3v) is 5.96. The topological polar surface area (TPSA) is 103 Å². The smallest absolute Gasteiger partial charge is 0.256 e. The maximum Gasteiger partial charge on any atom is 0.256 e. The summed E-state index contributed by atoms with van der Waals surface area (Å²) in [7, 11) is 1.67. The van der Waals surface area contributed by atoms with Crippen molar-refractivity contribution in [2.75, 3.05) is 13.7 Å². The van der Waals surface area contributed by atoms with Crippen molar-refractivity contribution in [3.63, 3.8) is 0 Å². The van der Waals surface area contributed by atoms with E-state index in [9.17, 15) is 14.7 Å². The van der Waals surface area contributed by atoms with Crippen LogP contribution in [0.1, 0.15) is 47.7 Å². The number of nitrogens with one attached hydrogen (secondary N) is 1. The molecular weight excluding hydrogens is 476 g/mol. The van der Waals surface area contributed by atoms with Crippen LogP contribution >= 0.6 is 0 Å². The molecule has 0 unspecified atom stereocenters. The number of allylic oxidation sites excluding steroid dienone is 5. The lowest BCUT2D eigenvalue weighted by molar-refractivity contribution is -0.114. The number of aliphatic imine (C=N–C) groups is 3. The average Bonchev–Trinajstić information content (AvgIpc) is 3.16. The van der Waals surface area contributed by atoms with E-state index in [1.54, 1.807) is 38.4 Å². The van der Waals surface area contributed by atoms with E-state index in [1.165, 1.54) is 0 Å². The van der Waals surface area contributed by atoms with Gasteiger partial charge in [-0.3, -0.25) is 19.6 Å². The highest BCUT2D eigenvalue weighted by atomic mass is 16.3. The fourth-order valence-electron chi connectivity index (χ4n) is 3.88. The van der Waals surface area contributed by atoms with E-state index in [4.69, 9.17) is 0 Å². The van der Waals surface area contributed by atoms with Crippen molar-refractivity contribution in [3.8, 4) is 0 Å². The third kappa shape index (κ3) is 8.71. The molecule has 0 spiro atoms. The first-order valence-corrected chi connectivity index (χ1v) is 12.6. The van der Waals surface area contributed by atoms with Crippen LogP contribution in [-0.2, 0) is 11.2 Å². The first kappa shape index (κ1) is 28.3. The first-order chi connectivity index (χ1) is 18.4. The molecule has 7 nitrogen and oxygen atoms in total. The van der Waals surface area contributed by atoms with Gasteiger partial charge in [0.1, 0.15) is 5.84 Å². The number of benzene rings is 2. The second kappa shape index (κ2) is 14.5. The normalized spacial score (nSPS) is 14.2. The van der Waals surface area contributed by atoms with Crippen LogP contribution in [0.4, 0.5) is 5.69 Å². The number of aryl methyl sites for hydroxylation is 2. The summed E-state index contributed by atoms with van der Waals surface area (Å²) < 4.78 is 0. The summed E-state index contributed by atoms with van der Waals surface area (Å²) in [5, 5.41) is 12.1. The molecule has 0 saturated heterocycles. The molecule has 1 aliphatic heterocycles. The Labute approximate surface area is 224 Å². The van der Waals surface area contributed by atoms with Crippen molar-refractivity contribution in [1.82, 2.24) is 5.32 Å². The number of para-hydroxylation sites is 1. The Morgan fingerprint density at radius 1 is 1.11 bits per heavy atom. The molecule has 38 heavy (non-hydrogen) atoms. The number of hydrogen-bond donors (Lipinski definition) is 2. The summed E-state index contributed by atoms with van der Waals surface area (Å²) >= 11 is 0. The largest absolute Gasteiger partial charge is 0.390 e. The fraction of sp³-hybridized carbons (Fsp3) is 0.258.